The number of aromatic nitrogens is 1. The molecule has 0 amide bonds. The van der Waals surface area contributed by atoms with E-state index < -0.39 is 0 Å². The van der Waals surface area contributed by atoms with Gasteiger partial charge in [-0.1, -0.05) is 127 Å². The summed E-state index contributed by atoms with van der Waals surface area (Å²) in [5, 5.41) is 27.6. The highest BCUT2D eigenvalue weighted by molar-refractivity contribution is 6.22. The van der Waals surface area contributed by atoms with E-state index in [0.717, 1.165) is 66.1 Å². The molecule has 9 aromatic rings. The van der Waals surface area contributed by atoms with E-state index in [2.05, 4.69) is 144 Å². The molecule has 226 valence electrons. The molecular weight excluding hydrogens is 595 g/mol. The van der Waals surface area contributed by atoms with Crippen molar-refractivity contribution in [3.8, 4) is 51.2 Å². The van der Waals surface area contributed by atoms with Crippen LogP contribution in [0.4, 0.5) is 0 Å². The zero-order valence-corrected chi connectivity index (χ0v) is 26.4. The highest BCUT2D eigenvalue weighted by Crippen LogP contribution is 2.47. The highest BCUT2D eigenvalue weighted by atomic mass is 15.0. The van der Waals surface area contributed by atoms with Gasteiger partial charge in [-0.05, 0) is 85.8 Å². The van der Waals surface area contributed by atoms with E-state index in [1.54, 1.807) is 0 Å². The Morgan fingerprint density at radius 3 is 1.47 bits per heavy atom. The van der Waals surface area contributed by atoms with E-state index in [-0.39, 0.29) is 0 Å². The van der Waals surface area contributed by atoms with Crippen LogP contribution in [0.5, 0.6) is 0 Å². The van der Waals surface area contributed by atoms with Crippen molar-refractivity contribution in [2.24, 2.45) is 0 Å². The molecule has 0 spiro atoms. The van der Waals surface area contributed by atoms with E-state index in [1.165, 1.54) is 16.3 Å². The molecule has 3 nitrogen and oxygen atoms in total. The standard InChI is InChI=1S/C46H27N3/c47-28-30-22-24-41(46-39-18-6-4-16-37(39)45(31-12-2-1-3-13-31)38-17-5-7-19-40(38)46)42(26-30)34-25-23-33(27-32(34)29-48)49-43-20-10-8-14-35(43)36-15-9-11-21-44(36)49/h1-27H. The van der Waals surface area contributed by atoms with Gasteiger partial charge in [0.15, 0.2) is 0 Å². The Balaban J connectivity index is 1.33. The first kappa shape index (κ1) is 28.3. The number of benzene rings is 8. The van der Waals surface area contributed by atoms with Crippen molar-refractivity contribution in [1.29, 1.82) is 10.5 Å². The largest absolute Gasteiger partial charge is 0.309 e. The predicted molar refractivity (Wildman–Crippen MR) is 202 cm³/mol. The Bertz CT molecular complexity index is 2740. The molecular formula is C46H27N3. The van der Waals surface area contributed by atoms with E-state index in [1.807, 2.05) is 36.4 Å². The Hall–Kier alpha value is -6.94. The van der Waals surface area contributed by atoms with Crippen LogP contribution in [0, 0.1) is 22.7 Å². The first-order chi connectivity index (χ1) is 24.2. The third-order valence-electron chi connectivity index (χ3n) is 9.66. The zero-order valence-electron chi connectivity index (χ0n) is 26.4. The van der Waals surface area contributed by atoms with E-state index in [4.69, 9.17) is 0 Å². The molecule has 0 unspecified atom stereocenters. The van der Waals surface area contributed by atoms with Gasteiger partial charge in [0, 0.05) is 22.0 Å². The molecule has 0 saturated heterocycles. The SMILES string of the molecule is N#Cc1ccc(-c2c3ccccc3c(-c3ccccc3)c3ccccc23)c(-c2ccc(-n3c4ccccc4c4ccccc43)cc2C#N)c1. The van der Waals surface area contributed by atoms with Gasteiger partial charge in [-0.25, -0.2) is 0 Å². The summed E-state index contributed by atoms with van der Waals surface area (Å²) in [4.78, 5) is 0. The van der Waals surface area contributed by atoms with Crippen LogP contribution < -0.4 is 0 Å². The van der Waals surface area contributed by atoms with Gasteiger partial charge in [0.25, 0.3) is 0 Å². The molecule has 9 rings (SSSR count). The van der Waals surface area contributed by atoms with Crippen molar-refractivity contribution < 1.29 is 0 Å². The maximum absolute atomic E-state index is 10.7. The highest BCUT2D eigenvalue weighted by Gasteiger charge is 2.21. The van der Waals surface area contributed by atoms with Gasteiger partial charge in [-0.15, -0.1) is 0 Å². The molecule has 0 bridgehead atoms. The average molecular weight is 622 g/mol. The molecule has 0 radical (unpaired) electrons. The summed E-state index contributed by atoms with van der Waals surface area (Å²) in [5.41, 5.74) is 10.2. The minimum atomic E-state index is 0.545. The Kier molecular flexibility index (Phi) is 6.58. The molecule has 49 heavy (non-hydrogen) atoms. The van der Waals surface area contributed by atoms with E-state index in [0.29, 0.717) is 11.1 Å². The average Bonchev–Trinajstić information content (AvgIpc) is 3.51. The third kappa shape index (κ3) is 4.42. The molecule has 0 saturated carbocycles. The monoisotopic (exact) mass is 621 g/mol. The van der Waals surface area contributed by atoms with Crippen LogP contribution in [0.2, 0.25) is 0 Å². The van der Waals surface area contributed by atoms with Crippen LogP contribution in [0.15, 0.2) is 164 Å². The van der Waals surface area contributed by atoms with Crippen molar-refractivity contribution in [1.82, 2.24) is 4.57 Å². The normalized spacial score (nSPS) is 11.2. The summed E-state index contributed by atoms with van der Waals surface area (Å²) in [6.07, 6.45) is 0. The molecule has 1 heterocycles. The smallest absolute Gasteiger partial charge is 0.0998 e. The Labute approximate surface area is 283 Å². The van der Waals surface area contributed by atoms with Crippen molar-refractivity contribution in [3.05, 3.63) is 175 Å². The first-order valence-electron chi connectivity index (χ1n) is 16.3. The van der Waals surface area contributed by atoms with Gasteiger partial charge < -0.3 is 4.57 Å². The van der Waals surface area contributed by atoms with Crippen LogP contribution in [-0.2, 0) is 0 Å². The van der Waals surface area contributed by atoms with Crippen molar-refractivity contribution in [3.63, 3.8) is 0 Å². The van der Waals surface area contributed by atoms with Crippen molar-refractivity contribution in [2.75, 3.05) is 0 Å². The fourth-order valence-electron chi connectivity index (χ4n) is 7.59. The fraction of sp³-hybridized carbons (Fsp3) is 0. The minimum Gasteiger partial charge on any atom is -0.309 e. The lowest BCUT2D eigenvalue weighted by Crippen LogP contribution is -1.98. The van der Waals surface area contributed by atoms with Gasteiger partial charge in [-0.3, -0.25) is 0 Å². The fourth-order valence-corrected chi connectivity index (χ4v) is 7.59. The molecule has 0 N–H and O–H groups in total. The molecule has 0 aliphatic heterocycles. The maximum Gasteiger partial charge on any atom is 0.0998 e. The lowest BCUT2D eigenvalue weighted by atomic mass is 9.83. The Morgan fingerprint density at radius 1 is 0.388 bits per heavy atom. The molecule has 1 aromatic heterocycles. The van der Waals surface area contributed by atoms with Crippen LogP contribution in [-0.4, -0.2) is 4.57 Å². The topological polar surface area (TPSA) is 52.5 Å². The molecule has 0 fully saturated rings. The van der Waals surface area contributed by atoms with Gasteiger partial charge in [-0.2, -0.15) is 10.5 Å². The van der Waals surface area contributed by atoms with E-state index >= 15 is 0 Å². The zero-order chi connectivity index (χ0) is 32.9. The van der Waals surface area contributed by atoms with Crippen molar-refractivity contribution in [2.45, 2.75) is 0 Å². The molecule has 0 aliphatic rings. The Morgan fingerprint density at radius 2 is 0.898 bits per heavy atom. The number of nitriles is 2. The second kappa shape index (κ2) is 11.4. The predicted octanol–water partition coefficient (Wildman–Crippen LogP) is 11.8. The second-order valence-electron chi connectivity index (χ2n) is 12.3. The number of para-hydroxylation sites is 2. The third-order valence-corrected chi connectivity index (χ3v) is 9.66. The summed E-state index contributed by atoms with van der Waals surface area (Å²) in [6, 6.07) is 61.2. The summed E-state index contributed by atoms with van der Waals surface area (Å²) in [5.74, 6) is 0. The van der Waals surface area contributed by atoms with Crippen LogP contribution in [0.1, 0.15) is 11.1 Å². The van der Waals surface area contributed by atoms with E-state index in [9.17, 15) is 10.5 Å². The molecule has 0 aliphatic carbocycles. The number of hydrogen-bond donors (Lipinski definition) is 0. The lowest BCUT2D eigenvalue weighted by Gasteiger charge is -2.20. The number of rotatable bonds is 4. The van der Waals surface area contributed by atoms with Gasteiger partial charge >= 0.3 is 0 Å². The number of fused-ring (bicyclic) bond motifs is 5. The first-order valence-corrected chi connectivity index (χ1v) is 16.3. The van der Waals surface area contributed by atoms with Crippen molar-refractivity contribution >= 4 is 43.4 Å². The maximum atomic E-state index is 10.7. The van der Waals surface area contributed by atoms with Gasteiger partial charge in [0.05, 0.1) is 34.3 Å². The summed E-state index contributed by atoms with van der Waals surface area (Å²) in [6.45, 7) is 0. The summed E-state index contributed by atoms with van der Waals surface area (Å²) in [7, 11) is 0. The minimum absolute atomic E-state index is 0.545. The quantitative estimate of drug-likeness (QED) is 0.184. The van der Waals surface area contributed by atoms with Crippen LogP contribution in [0.25, 0.3) is 82.4 Å². The van der Waals surface area contributed by atoms with Gasteiger partial charge in [0.2, 0.25) is 0 Å². The molecule has 3 heteroatoms. The second-order valence-corrected chi connectivity index (χ2v) is 12.3. The van der Waals surface area contributed by atoms with Gasteiger partial charge in [0.1, 0.15) is 0 Å². The number of nitrogens with zero attached hydrogens (tertiary/aromatic N) is 3. The van der Waals surface area contributed by atoms with Crippen LogP contribution in [0.3, 0.4) is 0 Å². The molecule has 0 atom stereocenters. The van der Waals surface area contributed by atoms with Crippen LogP contribution >= 0.6 is 0 Å². The summed E-state index contributed by atoms with van der Waals surface area (Å²) >= 11 is 0. The lowest BCUT2D eigenvalue weighted by molar-refractivity contribution is 1.18. The number of hydrogen-bond acceptors (Lipinski definition) is 2. The molecule has 8 aromatic carbocycles. The summed E-state index contributed by atoms with van der Waals surface area (Å²) < 4.78 is 2.23.